The maximum absolute atomic E-state index is 12.4. The molecule has 7 heteroatoms. The Bertz CT molecular complexity index is 821. The van der Waals surface area contributed by atoms with Gasteiger partial charge < -0.3 is 19.1 Å². The van der Waals surface area contributed by atoms with Gasteiger partial charge in [0.2, 0.25) is 5.91 Å². The van der Waals surface area contributed by atoms with Crippen molar-refractivity contribution < 1.29 is 23.8 Å². The van der Waals surface area contributed by atoms with Crippen LogP contribution in [0.25, 0.3) is 0 Å². The van der Waals surface area contributed by atoms with Crippen LogP contribution in [0.4, 0.5) is 5.69 Å². The summed E-state index contributed by atoms with van der Waals surface area (Å²) in [6.07, 6.45) is 0.0741. The van der Waals surface area contributed by atoms with Crippen molar-refractivity contribution >= 4 is 29.2 Å². The highest BCUT2D eigenvalue weighted by Crippen LogP contribution is 2.35. The number of benzene rings is 2. The smallest absolute Gasteiger partial charge is 0.316 e. The molecular weight excluding hydrogens is 358 g/mol. The summed E-state index contributed by atoms with van der Waals surface area (Å²) < 4.78 is 15.7. The highest BCUT2D eigenvalue weighted by atomic mass is 35.5. The molecule has 1 aliphatic rings. The van der Waals surface area contributed by atoms with Crippen LogP contribution in [0.1, 0.15) is 6.42 Å². The molecular formula is C19H18ClNO5. The molecule has 0 aliphatic carbocycles. The molecule has 1 amide bonds. The molecule has 0 saturated carbocycles. The van der Waals surface area contributed by atoms with Gasteiger partial charge in [-0.15, -0.1) is 0 Å². The summed E-state index contributed by atoms with van der Waals surface area (Å²) >= 11 is 6.04. The maximum atomic E-state index is 12.4. The summed E-state index contributed by atoms with van der Waals surface area (Å²) in [4.78, 5) is 26.3. The lowest BCUT2D eigenvalue weighted by molar-refractivity contribution is -0.139. The van der Waals surface area contributed by atoms with E-state index in [2.05, 4.69) is 0 Å². The molecule has 6 nitrogen and oxygen atoms in total. The van der Waals surface area contributed by atoms with Crippen molar-refractivity contribution in [2.75, 3.05) is 25.7 Å². The maximum Gasteiger partial charge on any atom is 0.316 e. The number of hydrogen-bond acceptors (Lipinski definition) is 5. The average molecular weight is 376 g/mol. The lowest BCUT2D eigenvalue weighted by atomic mass is 10.1. The molecule has 0 N–H and O–H groups in total. The van der Waals surface area contributed by atoms with Crippen molar-refractivity contribution in [1.29, 1.82) is 0 Å². The molecule has 1 aliphatic heterocycles. The van der Waals surface area contributed by atoms with Crippen molar-refractivity contribution in [2.24, 2.45) is 5.92 Å². The van der Waals surface area contributed by atoms with E-state index < -0.39 is 11.9 Å². The van der Waals surface area contributed by atoms with Gasteiger partial charge in [-0.05, 0) is 42.5 Å². The van der Waals surface area contributed by atoms with Crippen LogP contribution in [-0.4, -0.2) is 32.6 Å². The van der Waals surface area contributed by atoms with E-state index in [1.807, 2.05) is 0 Å². The van der Waals surface area contributed by atoms with Gasteiger partial charge in [-0.25, -0.2) is 0 Å². The Balaban J connectivity index is 1.72. The predicted octanol–water partition coefficient (Wildman–Crippen LogP) is 3.32. The Labute approximate surface area is 156 Å². The third-order valence-electron chi connectivity index (χ3n) is 4.17. The van der Waals surface area contributed by atoms with Gasteiger partial charge in [0.05, 0.1) is 25.8 Å². The van der Waals surface area contributed by atoms with E-state index in [0.717, 1.165) is 0 Å². The first kappa shape index (κ1) is 18.1. The minimum atomic E-state index is -0.562. The van der Waals surface area contributed by atoms with Gasteiger partial charge >= 0.3 is 5.97 Å². The van der Waals surface area contributed by atoms with E-state index in [-0.39, 0.29) is 18.9 Å². The second-order valence-corrected chi connectivity index (χ2v) is 6.25. The second kappa shape index (κ2) is 7.66. The number of methoxy groups -OCH3 is 2. The van der Waals surface area contributed by atoms with Crippen molar-refractivity contribution in [3.8, 4) is 17.2 Å². The molecule has 1 saturated heterocycles. The average Bonchev–Trinajstić information content (AvgIpc) is 3.04. The molecule has 136 valence electrons. The number of halogens is 1. The van der Waals surface area contributed by atoms with Crippen LogP contribution in [0.15, 0.2) is 42.5 Å². The Morgan fingerprint density at radius 2 is 1.77 bits per heavy atom. The first-order chi connectivity index (χ1) is 12.5. The van der Waals surface area contributed by atoms with Gasteiger partial charge in [0, 0.05) is 18.0 Å². The van der Waals surface area contributed by atoms with Gasteiger partial charge in [-0.3, -0.25) is 9.59 Å². The summed E-state index contributed by atoms with van der Waals surface area (Å²) in [5, 5.41) is 0.484. The van der Waals surface area contributed by atoms with Crippen LogP contribution in [0, 0.1) is 5.92 Å². The molecule has 1 fully saturated rings. The van der Waals surface area contributed by atoms with E-state index in [1.54, 1.807) is 49.6 Å². The molecule has 2 aromatic rings. The fourth-order valence-corrected chi connectivity index (χ4v) is 2.98. The molecule has 0 unspecified atom stereocenters. The number of rotatable bonds is 5. The molecule has 26 heavy (non-hydrogen) atoms. The number of amides is 1. The zero-order valence-corrected chi connectivity index (χ0v) is 15.2. The molecule has 0 spiro atoms. The molecule has 0 bridgehead atoms. The van der Waals surface area contributed by atoms with E-state index in [1.165, 1.54) is 12.0 Å². The topological polar surface area (TPSA) is 65.1 Å². The van der Waals surface area contributed by atoms with Crippen LogP contribution in [0.5, 0.6) is 17.2 Å². The van der Waals surface area contributed by atoms with E-state index >= 15 is 0 Å². The van der Waals surface area contributed by atoms with Gasteiger partial charge in [-0.2, -0.15) is 0 Å². The molecule has 0 radical (unpaired) electrons. The second-order valence-electron chi connectivity index (χ2n) is 5.82. The number of hydrogen-bond donors (Lipinski definition) is 0. The van der Waals surface area contributed by atoms with E-state index in [4.69, 9.17) is 25.8 Å². The van der Waals surface area contributed by atoms with Gasteiger partial charge in [-0.1, -0.05) is 11.6 Å². The van der Waals surface area contributed by atoms with Crippen molar-refractivity contribution in [3.63, 3.8) is 0 Å². The first-order valence-electron chi connectivity index (χ1n) is 8.01. The predicted molar refractivity (Wildman–Crippen MR) is 97.1 cm³/mol. The zero-order chi connectivity index (χ0) is 18.7. The molecule has 2 aromatic carbocycles. The molecule has 0 aromatic heterocycles. The monoisotopic (exact) mass is 375 g/mol. The first-order valence-corrected chi connectivity index (χ1v) is 8.39. The molecule has 1 heterocycles. The Morgan fingerprint density at radius 3 is 2.42 bits per heavy atom. The quantitative estimate of drug-likeness (QED) is 0.592. The van der Waals surface area contributed by atoms with Crippen molar-refractivity contribution in [1.82, 2.24) is 0 Å². The fourth-order valence-electron chi connectivity index (χ4n) is 2.82. The number of carbonyl (C=O) groups is 2. The number of carbonyl (C=O) groups excluding carboxylic acids is 2. The molecule has 3 rings (SSSR count). The summed E-state index contributed by atoms with van der Waals surface area (Å²) in [6, 6.07) is 11.7. The number of ether oxygens (including phenoxy) is 3. The van der Waals surface area contributed by atoms with Crippen molar-refractivity contribution in [3.05, 3.63) is 47.5 Å². The van der Waals surface area contributed by atoms with Gasteiger partial charge in [0.15, 0.2) is 0 Å². The number of nitrogens with zero attached hydrogens (tertiary/aromatic N) is 1. The number of esters is 1. The summed E-state index contributed by atoms with van der Waals surface area (Å²) in [7, 11) is 3.08. The van der Waals surface area contributed by atoms with Crippen molar-refractivity contribution in [2.45, 2.75) is 6.42 Å². The number of anilines is 1. The minimum Gasteiger partial charge on any atom is -0.497 e. The molecule has 1 atom stereocenters. The highest BCUT2D eigenvalue weighted by molar-refractivity contribution is 6.31. The summed E-state index contributed by atoms with van der Waals surface area (Å²) in [5.74, 6) is 0.400. The standard InChI is InChI=1S/C19H18ClNO5/c1-24-14-4-6-15(7-5-14)26-19(23)12-9-18(22)21(11-12)16-10-13(20)3-8-17(16)25-2/h3-8,10,12H,9,11H2,1-2H3/t12-/m1/s1. The zero-order valence-electron chi connectivity index (χ0n) is 14.4. The fraction of sp³-hybridized carbons (Fsp3) is 0.263. The highest BCUT2D eigenvalue weighted by Gasteiger charge is 2.37. The third-order valence-corrected chi connectivity index (χ3v) is 4.40. The van der Waals surface area contributed by atoms with Crippen LogP contribution in [0.2, 0.25) is 5.02 Å². The Morgan fingerprint density at radius 1 is 1.08 bits per heavy atom. The minimum absolute atomic E-state index is 0.0741. The van der Waals surface area contributed by atoms with E-state index in [0.29, 0.717) is 28.0 Å². The normalized spacial score (nSPS) is 16.5. The van der Waals surface area contributed by atoms with Crippen LogP contribution >= 0.6 is 11.6 Å². The van der Waals surface area contributed by atoms with Gasteiger partial charge in [0.25, 0.3) is 0 Å². The summed E-state index contributed by atoms with van der Waals surface area (Å²) in [6.45, 7) is 0.213. The lowest BCUT2D eigenvalue weighted by Gasteiger charge is -2.19. The van der Waals surface area contributed by atoms with E-state index in [9.17, 15) is 9.59 Å². The van der Waals surface area contributed by atoms with Crippen LogP contribution in [-0.2, 0) is 9.59 Å². The van der Waals surface area contributed by atoms with Gasteiger partial charge in [0.1, 0.15) is 17.2 Å². The SMILES string of the molecule is COc1ccc(OC(=O)[C@@H]2CC(=O)N(c3cc(Cl)ccc3OC)C2)cc1. The third kappa shape index (κ3) is 3.75. The van der Waals surface area contributed by atoms with Crippen LogP contribution < -0.4 is 19.1 Å². The summed E-state index contributed by atoms with van der Waals surface area (Å²) in [5.41, 5.74) is 0.546. The Hall–Kier alpha value is -2.73. The van der Waals surface area contributed by atoms with Crippen LogP contribution in [0.3, 0.4) is 0 Å². The largest absolute Gasteiger partial charge is 0.497 e. The Kier molecular flexibility index (Phi) is 5.32. The lowest BCUT2D eigenvalue weighted by Crippen LogP contribution is -2.27.